The van der Waals surface area contributed by atoms with Crippen LogP contribution < -0.4 is 0 Å². The van der Waals surface area contributed by atoms with Crippen molar-refractivity contribution in [2.75, 3.05) is 17.3 Å². The van der Waals surface area contributed by atoms with Crippen molar-refractivity contribution >= 4 is 35.3 Å². The maximum absolute atomic E-state index is 12.3. The molecule has 1 fully saturated rings. The number of ketones is 1. The van der Waals surface area contributed by atoms with Gasteiger partial charge in [-0.25, -0.2) is 0 Å². The molecule has 8 heteroatoms. The van der Waals surface area contributed by atoms with Gasteiger partial charge in [0.15, 0.2) is 0 Å². The molecule has 3 rings (SSSR count). The number of Topliss-reactive ketones (excluding diaryl/α,β-unsaturated/α-hetero) is 1. The standard InChI is InChI=1S/C24H28O6S2/c25-18(13-16-4-1-5-17(12-16)22-6-2-9-30-22)7-8-19-20(26)14-21(27)24(19)32-11-3-10-31-15-23(28)29/h1-2,4-9,12,18-20,24-26H,3,10-11,13-15H2,(H,28,29)/t18?,19-,20?,24?/m0/s1. The van der Waals surface area contributed by atoms with Gasteiger partial charge in [0.1, 0.15) is 11.5 Å². The number of carboxylic acids is 1. The zero-order chi connectivity index (χ0) is 22.9. The monoisotopic (exact) mass is 476 g/mol. The van der Waals surface area contributed by atoms with Crippen molar-refractivity contribution < 1.29 is 29.3 Å². The van der Waals surface area contributed by atoms with E-state index in [0.29, 0.717) is 6.42 Å². The van der Waals surface area contributed by atoms with Gasteiger partial charge in [0.05, 0.1) is 29.5 Å². The lowest BCUT2D eigenvalue weighted by atomic mass is 10.0. The number of rotatable bonds is 12. The molecular weight excluding hydrogens is 448 g/mol. The molecule has 1 aromatic heterocycles. The fourth-order valence-corrected chi connectivity index (χ4v) is 5.89. The minimum atomic E-state index is -0.826. The molecule has 172 valence electrons. The molecular formula is C24H28O6S2. The Morgan fingerprint density at radius 1 is 1.25 bits per heavy atom. The SMILES string of the molecule is O=C(O)CSCCCSC1C(=O)CC(O)[C@@H]1C=CC(O)Cc1cccc(-c2ccco2)c1. The molecule has 0 bridgehead atoms. The topological polar surface area (TPSA) is 108 Å². The van der Waals surface area contributed by atoms with Crippen LogP contribution in [0, 0.1) is 5.92 Å². The summed E-state index contributed by atoms with van der Waals surface area (Å²) < 4.78 is 5.43. The maximum atomic E-state index is 12.3. The molecule has 2 aromatic rings. The molecule has 6 nitrogen and oxygen atoms in total. The van der Waals surface area contributed by atoms with Gasteiger partial charge in [-0.1, -0.05) is 30.4 Å². The first-order chi connectivity index (χ1) is 15.4. The third-order valence-corrected chi connectivity index (χ3v) is 7.70. The molecule has 4 atom stereocenters. The van der Waals surface area contributed by atoms with Crippen LogP contribution in [0.3, 0.4) is 0 Å². The Morgan fingerprint density at radius 3 is 2.84 bits per heavy atom. The molecule has 3 N–H and O–H groups in total. The van der Waals surface area contributed by atoms with E-state index in [0.717, 1.165) is 34.8 Å². The molecule has 1 aliphatic rings. The summed E-state index contributed by atoms with van der Waals surface area (Å²) in [4.78, 5) is 22.9. The van der Waals surface area contributed by atoms with Crippen LogP contribution in [0.1, 0.15) is 18.4 Å². The third kappa shape index (κ3) is 7.27. The van der Waals surface area contributed by atoms with E-state index in [2.05, 4.69) is 0 Å². The zero-order valence-corrected chi connectivity index (χ0v) is 19.3. The van der Waals surface area contributed by atoms with Crippen molar-refractivity contribution in [2.24, 2.45) is 5.92 Å². The third-order valence-electron chi connectivity index (χ3n) is 5.21. The van der Waals surface area contributed by atoms with E-state index in [1.165, 1.54) is 23.5 Å². The van der Waals surface area contributed by atoms with Gasteiger partial charge in [0.2, 0.25) is 0 Å². The Morgan fingerprint density at radius 2 is 2.09 bits per heavy atom. The largest absolute Gasteiger partial charge is 0.481 e. The summed E-state index contributed by atoms with van der Waals surface area (Å²) in [6.45, 7) is 0. The number of aliphatic hydroxyl groups excluding tert-OH is 2. The number of furan rings is 1. The highest BCUT2D eigenvalue weighted by Crippen LogP contribution is 2.34. The zero-order valence-electron chi connectivity index (χ0n) is 17.6. The maximum Gasteiger partial charge on any atom is 0.313 e. The van der Waals surface area contributed by atoms with Gasteiger partial charge in [0, 0.05) is 24.3 Å². The second-order valence-electron chi connectivity index (χ2n) is 7.74. The van der Waals surface area contributed by atoms with Gasteiger partial charge in [-0.3, -0.25) is 9.59 Å². The van der Waals surface area contributed by atoms with Gasteiger partial charge in [-0.2, -0.15) is 11.8 Å². The number of benzene rings is 1. The summed E-state index contributed by atoms with van der Waals surface area (Å²) in [7, 11) is 0. The Kier molecular flexibility index (Phi) is 9.47. The summed E-state index contributed by atoms with van der Waals surface area (Å²) in [6, 6.07) is 11.5. The van der Waals surface area contributed by atoms with E-state index in [1.54, 1.807) is 18.4 Å². The Balaban J connectivity index is 1.52. The van der Waals surface area contributed by atoms with Crippen LogP contribution in [-0.4, -0.2) is 61.8 Å². The quantitative estimate of drug-likeness (QED) is 0.315. The smallest absolute Gasteiger partial charge is 0.313 e. The van der Waals surface area contributed by atoms with Crippen molar-refractivity contribution in [3.63, 3.8) is 0 Å². The van der Waals surface area contributed by atoms with Crippen molar-refractivity contribution in [3.05, 3.63) is 60.4 Å². The molecule has 0 spiro atoms. The van der Waals surface area contributed by atoms with Crippen LogP contribution in [0.4, 0.5) is 0 Å². The number of carbonyl (C=O) groups excluding carboxylic acids is 1. The van der Waals surface area contributed by atoms with E-state index in [1.807, 2.05) is 36.4 Å². The number of thioether (sulfide) groups is 2. The van der Waals surface area contributed by atoms with Gasteiger partial charge >= 0.3 is 5.97 Å². The van der Waals surface area contributed by atoms with Crippen molar-refractivity contribution in [1.29, 1.82) is 0 Å². The average Bonchev–Trinajstić information content (AvgIpc) is 3.37. The molecule has 32 heavy (non-hydrogen) atoms. The second-order valence-corrected chi connectivity index (χ2v) is 10.1. The summed E-state index contributed by atoms with van der Waals surface area (Å²) in [5.41, 5.74) is 1.90. The van der Waals surface area contributed by atoms with Gasteiger partial charge in [-0.15, -0.1) is 11.8 Å². The second kappa shape index (κ2) is 12.3. The Labute approximate surface area is 196 Å². The number of carbonyl (C=O) groups is 2. The van der Waals surface area contributed by atoms with Crippen LogP contribution in [0.15, 0.2) is 59.2 Å². The molecule has 0 aliphatic heterocycles. The van der Waals surface area contributed by atoms with Crippen LogP contribution in [-0.2, 0) is 16.0 Å². The minimum absolute atomic E-state index is 0.0241. The molecule has 3 unspecified atom stereocenters. The number of hydrogen-bond donors (Lipinski definition) is 3. The molecule has 0 amide bonds. The number of aliphatic hydroxyl groups is 2. The number of hydrogen-bond acceptors (Lipinski definition) is 7. The summed E-state index contributed by atoms with van der Waals surface area (Å²) in [5.74, 6) is 1.17. The first kappa shape index (κ1) is 24.6. The fraction of sp³-hybridized carbons (Fsp3) is 0.417. The predicted octanol–water partition coefficient (Wildman–Crippen LogP) is 3.67. The molecule has 1 aliphatic carbocycles. The first-order valence-electron chi connectivity index (χ1n) is 10.5. The van der Waals surface area contributed by atoms with E-state index in [9.17, 15) is 19.8 Å². The normalized spacial score (nSPS) is 21.9. The lowest BCUT2D eigenvalue weighted by Crippen LogP contribution is -2.22. The highest BCUT2D eigenvalue weighted by atomic mass is 32.2. The lowest BCUT2D eigenvalue weighted by molar-refractivity contribution is -0.133. The highest BCUT2D eigenvalue weighted by Gasteiger charge is 2.40. The number of aliphatic carboxylic acids is 1. The molecule has 1 aromatic carbocycles. The van der Waals surface area contributed by atoms with Crippen LogP contribution >= 0.6 is 23.5 Å². The highest BCUT2D eigenvalue weighted by molar-refractivity contribution is 8.01. The van der Waals surface area contributed by atoms with E-state index in [-0.39, 0.29) is 29.1 Å². The van der Waals surface area contributed by atoms with Crippen LogP contribution in [0.25, 0.3) is 11.3 Å². The molecule has 0 saturated heterocycles. The van der Waals surface area contributed by atoms with Gasteiger partial charge in [-0.05, 0) is 41.7 Å². The molecule has 1 heterocycles. The van der Waals surface area contributed by atoms with E-state index < -0.39 is 18.2 Å². The van der Waals surface area contributed by atoms with Crippen molar-refractivity contribution in [3.8, 4) is 11.3 Å². The predicted molar refractivity (Wildman–Crippen MR) is 128 cm³/mol. The Bertz CT molecular complexity index is 911. The van der Waals surface area contributed by atoms with Gasteiger partial charge < -0.3 is 19.7 Å². The average molecular weight is 477 g/mol. The van der Waals surface area contributed by atoms with Crippen molar-refractivity contribution in [2.45, 2.75) is 36.7 Å². The Hall–Kier alpha value is -2.00. The van der Waals surface area contributed by atoms with E-state index in [4.69, 9.17) is 9.52 Å². The van der Waals surface area contributed by atoms with Gasteiger partial charge in [0.25, 0.3) is 0 Å². The van der Waals surface area contributed by atoms with Crippen LogP contribution in [0.2, 0.25) is 0 Å². The lowest BCUT2D eigenvalue weighted by Gasteiger charge is -2.17. The van der Waals surface area contributed by atoms with E-state index >= 15 is 0 Å². The number of carboxylic acid groups (broad SMARTS) is 1. The summed E-state index contributed by atoms with van der Waals surface area (Å²) in [6.07, 6.45) is 4.93. The fourth-order valence-electron chi connectivity index (χ4n) is 3.70. The molecule has 0 radical (unpaired) electrons. The summed E-state index contributed by atoms with van der Waals surface area (Å²) in [5, 5.41) is 29.2. The minimum Gasteiger partial charge on any atom is -0.481 e. The van der Waals surface area contributed by atoms with Crippen LogP contribution in [0.5, 0.6) is 0 Å². The van der Waals surface area contributed by atoms with Crippen molar-refractivity contribution in [1.82, 2.24) is 0 Å². The summed E-state index contributed by atoms with van der Waals surface area (Å²) >= 11 is 2.87. The molecule has 1 saturated carbocycles. The first-order valence-corrected chi connectivity index (χ1v) is 12.8.